The molecule has 2 aromatic rings. The van der Waals surface area contributed by atoms with Crippen molar-refractivity contribution in [2.75, 3.05) is 6.54 Å². The van der Waals surface area contributed by atoms with E-state index in [1.807, 2.05) is 0 Å². The van der Waals surface area contributed by atoms with Crippen LogP contribution in [0, 0.1) is 5.82 Å². The Balaban J connectivity index is 1.61. The van der Waals surface area contributed by atoms with Crippen molar-refractivity contribution in [2.24, 2.45) is 0 Å². The quantitative estimate of drug-likeness (QED) is 0.891. The Kier molecular flexibility index (Phi) is 5.55. The predicted molar refractivity (Wildman–Crippen MR) is 93.3 cm³/mol. The number of amides is 2. The fourth-order valence-corrected chi connectivity index (χ4v) is 3.19. The zero-order valence-corrected chi connectivity index (χ0v) is 14.6. The number of halogens is 1. The zero-order valence-electron chi connectivity index (χ0n) is 14.6. The average Bonchev–Trinajstić information content (AvgIpc) is 3.12. The van der Waals surface area contributed by atoms with Gasteiger partial charge in [0.15, 0.2) is 0 Å². The van der Waals surface area contributed by atoms with Gasteiger partial charge in [-0.15, -0.1) is 0 Å². The number of hydrogen-bond acceptors (Lipinski definition) is 4. The molecule has 0 bridgehead atoms. The van der Waals surface area contributed by atoms with Crippen molar-refractivity contribution < 1.29 is 14.0 Å². The van der Waals surface area contributed by atoms with Crippen LogP contribution in [0.3, 0.4) is 0 Å². The van der Waals surface area contributed by atoms with Gasteiger partial charge >= 0.3 is 0 Å². The molecule has 6 nitrogen and oxygen atoms in total. The third-order valence-electron chi connectivity index (χ3n) is 4.48. The van der Waals surface area contributed by atoms with Crippen molar-refractivity contribution in [1.29, 1.82) is 0 Å². The van der Waals surface area contributed by atoms with Crippen LogP contribution in [0.5, 0.6) is 0 Å². The predicted octanol–water partition coefficient (Wildman–Crippen LogP) is 2.16. The second-order valence-corrected chi connectivity index (χ2v) is 6.35. The summed E-state index contributed by atoms with van der Waals surface area (Å²) in [4.78, 5) is 34.3. The molecule has 1 aliphatic heterocycles. The summed E-state index contributed by atoms with van der Waals surface area (Å²) < 4.78 is 13.6. The first kappa shape index (κ1) is 18.0. The van der Waals surface area contributed by atoms with Crippen molar-refractivity contribution in [2.45, 2.75) is 38.8 Å². The summed E-state index contributed by atoms with van der Waals surface area (Å²) in [5, 5.41) is 2.74. The van der Waals surface area contributed by atoms with E-state index in [1.165, 1.54) is 6.07 Å². The molecule has 0 aliphatic carbocycles. The van der Waals surface area contributed by atoms with Gasteiger partial charge in [0.25, 0.3) is 0 Å². The molecule has 1 aliphatic rings. The SMILES string of the molecule is CC(=O)N1CCC[C@H]1c1cncc(CNC(=O)Cc2ccccc2F)n1. The fraction of sp³-hybridized carbons (Fsp3) is 0.368. The summed E-state index contributed by atoms with van der Waals surface area (Å²) in [7, 11) is 0. The number of rotatable bonds is 5. The summed E-state index contributed by atoms with van der Waals surface area (Å²) in [5.41, 5.74) is 1.70. The second kappa shape index (κ2) is 8.03. The maximum Gasteiger partial charge on any atom is 0.224 e. The molecule has 1 atom stereocenters. The van der Waals surface area contributed by atoms with Gasteiger partial charge in [-0.1, -0.05) is 18.2 Å². The van der Waals surface area contributed by atoms with Crippen LogP contribution < -0.4 is 5.32 Å². The van der Waals surface area contributed by atoms with Gasteiger partial charge in [0, 0.05) is 13.5 Å². The van der Waals surface area contributed by atoms with Crippen molar-refractivity contribution in [3.05, 3.63) is 59.4 Å². The van der Waals surface area contributed by atoms with Crippen LogP contribution in [0.4, 0.5) is 4.39 Å². The molecule has 1 N–H and O–H groups in total. The topological polar surface area (TPSA) is 75.2 Å². The molecule has 7 heteroatoms. The Bertz CT molecular complexity index is 812. The lowest BCUT2D eigenvalue weighted by Crippen LogP contribution is -2.29. The number of carbonyl (C=O) groups is 2. The lowest BCUT2D eigenvalue weighted by Gasteiger charge is -2.22. The number of nitrogens with one attached hydrogen (secondary N) is 1. The van der Waals surface area contributed by atoms with Crippen LogP contribution in [-0.2, 0) is 22.6 Å². The van der Waals surface area contributed by atoms with Gasteiger partial charge in [-0.2, -0.15) is 0 Å². The standard InChI is InChI=1S/C19H21FN4O2/c1-13(25)24-8-4-7-18(24)17-12-21-10-15(23-17)11-22-19(26)9-14-5-2-3-6-16(14)20/h2-3,5-6,10,12,18H,4,7-9,11H2,1H3,(H,22,26)/t18-/m0/s1. The summed E-state index contributed by atoms with van der Waals surface area (Å²) in [6, 6.07) is 6.15. The summed E-state index contributed by atoms with van der Waals surface area (Å²) >= 11 is 0. The van der Waals surface area contributed by atoms with Crippen molar-refractivity contribution >= 4 is 11.8 Å². The Hall–Kier alpha value is -2.83. The van der Waals surface area contributed by atoms with Gasteiger partial charge in [-0.25, -0.2) is 4.39 Å². The minimum atomic E-state index is -0.394. The summed E-state index contributed by atoms with van der Waals surface area (Å²) in [6.07, 6.45) is 5.02. The van der Waals surface area contributed by atoms with E-state index in [4.69, 9.17) is 0 Å². The van der Waals surface area contributed by atoms with E-state index in [2.05, 4.69) is 15.3 Å². The van der Waals surface area contributed by atoms with Crippen molar-refractivity contribution in [3.63, 3.8) is 0 Å². The molecular weight excluding hydrogens is 335 g/mol. The minimum Gasteiger partial charge on any atom is -0.350 e. The van der Waals surface area contributed by atoms with Gasteiger partial charge in [0.1, 0.15) is 5.82 Å². The smallest absolute Gasteiger partial charge is 0.224 e. The summed E-state index contributed by atoms with van der Waals surface area (Å²) in [5.74, 6) is -0.651. The van der Waals surface area contributed by atoms with Crippen LogP contribution in [0.2, 0.25) is 0 Å². The molecule has 0 saturated carbocycles. The molecule has 2 amide bonds. The highest BCUT2D eigenvalue weighted by Gasteiger charge is 2.29. The Labute approximate surface area is 151 Å². The first-order chi connectivity index (χ1) is 12.5. The van der Waals surface area contributed by atoms with Crippen LogP contribution in [0.1, 0.15) is 42.8 Å². The van der Waals surface area contributed by atoms with Gasteiger partial charge in [0.2, 0.25) is 11.8 Å². The van der Waals surface area contributed by atoms with Gasteiger partial charge < -0.3 is 10.2 Å². The molecular formula is C19H21FN4O2. The van der Waals surface area contributed by atoms with Crippen LogP contribution >= 0.6 is 0 Å². The molecule has 1 aromatic carbocycles. The fourth-order valence-electron chi connectivity index (χ4n) is 3.19. The van der Waals surface area contributed by atoms with Crippen LogP contribution in [0.15, 0.2) is 36.7 Å². The normalized spacial score (nSPS) is 16.5. The number of benzene rings is 1. The number of likely N-dealkylation sites (tertiary alicyclic amines) is 1. The van der Waals surface area contributed by atoms with E-state index >= 15 is 0 Å². The number of hydrogen-bond donors (Lipinski definition) is 1. The van der Waals surface area contributed by atoms with Gasteiger partial charge in [0.05, 0.1) is 42.8 Å². The average molecular weight is 356 g/mol. The van der Waals surface area contributed by atoms with E-state index in [0.29, 0.717) is 11.3 Å². The maximum absolute atomic E-state index is 13.6. The highest BCUT2D eigenvalue weighted by Crippen LogP contribution is 2.30. The lowest BCUT2D eigenvalue weighted by molar-refractivity contribution is -0.129. The van der Waals surface area contributed by atoms with Crippen LogP contribution in [0.25, 0.3) is 0 Å². The number of carbonyl (C=O) groups excluding carboxylic acids is 2. The van der Waals surface area contributed by atoms with E-state index < -0.39 is 5.82 Å². The Morgan fingerprint density at radius 3 is 2.88 bits per heavy atom. The Morgan fingerprint density at radius 2 is 2.12 bits per heavy atom. The molecule has 1 fully saturated rings. The molecule has 1 saturated heterocycles. The van der Waals surface area contributed by atoms with Crippen LogP contribution in [-0.4, -0.2) is 33.2 Å². The highest BCUT2D eigenvalue weighted by molar-refractivity contribution is 5.78. The van der Waals surface area contributed by atoms with Crippen molar-refractivity contribution in [3.8, 4) is 0 Å². The van der Waals surface area contributed by atoms with Gasteiger partial charge in [-0.05, 0) is 24.5 Å². The first-order valence-electron chi connectivity index (χ1n) is 8.62. The molecule has 136 valence electrons. The third-order valence-corrected chi connectivity index (χ3v) is 4.48. The number of nitrogens with zero attached hydrogens (tertiary/aromatic N) is 3. The van der Waals surface area contributed by atoms with Gasteiger partial charge in [-0.3, -0.25) is 19.6 Å². The Morgan fingerprint density at radius 1 is 1.31 bits per heavy atom. The lowest BCUT2D eigenvalue weighted by atomic mass is 10.1. The number of aromatic nitrogens is 2. The molecule has 0 radical (unpaired) electrons. The summed E-state index contributed by atoms with van der Waals surface area (Å²) in [6.45, 7) is 2.49. The molecule has 3 rings (SSSR count). The first-order valence-corrected chi connectivity index (χ1v) is 8.62. The maximum atomic E-state index is 13.6. The van der Waals surface area contributed by atoms with E-state index in [0.717, 1.165) is 25.1 Å². The van der Waals surface area contributed by atoms with Crippen molar-refractivity contribution in [1.82, 2.24) is 20.2 Å². The van der Waals surface area contributed by atoms with E-state index in [1.54, 1.807) is 42.4 Å². The molecule has 26 heavy (non-hydrogen) atoms. The van der Waals surface area contributed by atoms with E-state index in [9.17, 15) is 14.0 Å². The van der Waals surface area contributed by atoms with E-state index in [-0.39, 0.29) is 30.8 Å². The molecule has 0 unspecified atom stereocenters. The molecule has 0 spiro atoms. The minimum absolute atomic E-state index is 0.0258. The molecule has 2 heterocycles. The monoisotopic (exact) mass is 356 g/mol. The second-order valence-electron chi connectivity index (χ2n) is 6.35. The highest BCUT2D eigenvalue weighted by atomic mass is 19.1. The zero-order chi connectivity index (χ0) is 18.5. The third kappa shape index (κ3) is 4.22. The molecule has 1 aromatic heterocycles. The largest absolute Gasteiger partial charge is 0.350 e.